The fourth-order valence-corrected chi connectivity index (χ4v) is 3.16. The maximum Gasteiger partial charge on any atom is 0.213 e. The minimum atomic E-state index is -1.53. The molecule has 0 amide bonds. The molecule has 0 bridgehead atoms. The molecule has 3 rings (SSSR count). The van der Waals surface area contributed by atoms with Crippen molar-refractivity contribution < 1.29 is 18.3 Å². The van der Waals surface area contributed by atoms with E-state index in [4.69, 9.17) is 0 Å². The van der Waals surface area contributed by atoms with Crippen LogP contribution in [0.3, 0.4) is 0 Å². The minimum absolute atomic E-state index is 0.0968. The summed E-state index contributed by atoms with van der Waals surface area (Å²) in [5.41, 5.74) is 1.08. The maximum absolute atomic E-state index is 13.8. The number of fused-ring (bicyclic) bond motifs is 1. The Kier molecular flexibility index (Phi) is 3.65. The smallest absolute Gasteiger partial charge is 0.213 e. The molecule has 2 heterocycles. The van der Waals surface area contributed by atoms with Crippen LogP contribution >= 0.6 is 11.3 Å². The molecule has 0 saturated heterocycles. The number of nitrogens with zero attached hydrogens (tertiary/aromatic N) is 3. The van der Waals surface area contributed by atoms with E-state index in [9.17, 15) is 18.3 Å². The Morgan fingerprint density at radius 2 is 1.95 bits per heavy atom. The van der Waals surface area contributed by atoms with Crippen molar-refractivity contribution in [3.05, 3.63) is 41.0 Å². The van der Waals surface area contributed by atoms with Gasteiger partial charge < -0.3 is 5.11 Å². The van der Waals surface area contributed by atoms with Crippen molar-refractivity contribution in [3.8, 4) is 10.6 Å². The lowest BCUT2D eigenvalue weighted by molar-refractivity contribution is 0.272. The summed E-state index contributed by atoms with van der Waals surface area (Å²) in [4.78, 5) is 4.83. The first-order chi connectivity index (χ1) is 10.4. The second kappa shape index (κ2) is 5.36. The van der Waals surface area contributed by atoms with Gasteiger partial charge in [0.15, 0.2) is 22.5 Å². The molecule has 3 aromatic rings. The lowest BCUT2D eigenvalue weighted by atomic mass is 10.1. The van der Waals surface area contributed by atoms with Crippen LogP contribution in [0.4, 0.5) is 13.2 Å². The first kappa shape index (κ1) is 15.0. The first-order valence-corrected chi connectivity index (χ1v) is 7.38. The first-order valence-electron chi connectivity index (χ1n) is 6.57. The fraction of sp³-hybridized carbons (Fsp3) is 0.286. The highest BCUT2D eigenvalue weighted by Crippen LogP contribution is 2.32. The Balaban J connectivity index is 2.18. The number of halogens is 3. The molecule has 0 fully saturated rings. The number of imidazole rings is 1. The van der Waals surface area contributed by atoms with Gasteiger partial charge in [-0.3, -0.25) is 0 Å². The third-order valence-electron chi connectivity index (χ3n) is 3.29. The van der Waals surface area contributed by atoms with Crippen molar-refractivity contribution in [3.63, 3.8) is 0 Å². The summed E-state index contributed by atoms with van der Waals surface area (Å²) in [5.74, 6) is -3.97. The maximum atomic E-state index is 13.8. The van der Waals surface area contributed by atoms with E-state index < -0.39 is 17.5 Å². The van der Waals surface area contributed by atoms with Crippen molar-refractivity contribution in [1.29, 1.82) is 0 Å². The van der Waals surface area contributed by atoms with Gasteiger partial charge >= 0.3 is 0 Å². The lowest BCUT2D eigenvalue weighted by Crippen LogP contribution is -2.00. The van der Waals surface area contributed by atoms with Crippen molar-refractivity contribution >= 4 is 16.3 Å². The number of hydrogen-bond donors (Lipinski definition) is 1. The van der Waals surface area contributed by atoms with E-state index in [1.54, 1.807) is 0 Å². The Morgan fingerprint density at radius 3 is 2.59 bits per heavy atom. The molecule has 0 aliphatic heterocycles. The normalized spacial score (nSPS) is 11.8. The van der Waals surface area contributed by atoms with Crippen LogP contribution in [0, 0.1) is 17.5 Å². The van der Waals surface area contributed by atoms with Gasteiger partial charge in [-0.05, 0) is 18.1 Å². The van der Waals surface area contributed by atoms with Crippen molar-refractivity contribution in [2.75, 3.05) is 0 Å². The van der Waals surface area contributed by atoms with Crippen LogP contribution in [0.2, 0.25) is 0 Å². The van der Waals surface area contributed by atoms with E-state index in [2.05, 4.69) is 10.1 Å². The molecule has 0 spiro atoms. The van der Waals surface area contributed by atoms with Crippen molar-refractivity contribution in [1.82, 2.24) is 14.6 Å². The van der Waals surface area contributed by atoms with Crippen molar-refractivity contribution in [2.24, 2.45) is 0 Å². The zero-order valence-electron chi connectivity index (χ0n) is 11.8. The van der Waals surface area contributed by atoms with Gasteiger partial charge in [-0.1, -0.05) is 25.2 Å². The second-order valence-electron chi connectivity index (χ2n) is 5.08. The Hall–Kier alpha value is -1.93. The number of aliphatic hydroxyl groups is 1. The average molecular weight is 327 g/mol. The van der Waals surface area contributed by atoms with E-state index in [0.717, 1.165) is 23.5 Å². The van der Waals surface area contributed by atoms with Gasteiger partial charge in [0.2, 0.25) is 4.96 Å². The molecule has 0 atom stereocenters. The van der Waals surface area contributed by atoms with E-state index in [1.807, 2.05) is 13.8 Å². The summed E-state index contributed by atoms with van der Waals surface area (Å²) in [6.07, 6.45) is 0. The molecule has 0 aliphatic rings. The zero-order valence-corrected chi connectivity index (χ0v) is 12.6. The van der Waals surface area contributed by atoms with E-state index in [0.29, 0.717) is 16.3 Å². The standard InChI is InChI=1S/C14H12F3N3OS/c1-6(2)12-9(5-21)20-14(18-12)22-13(19-20)7-3-4-8(15)11(17)10(7)16/h3-4,6,21H,5H2,1-2H3. The Morgan fingerprint density at radius 1 is 1.23 bits per heavy atom. The van der Waals surface area contributed by atoms with Crippen LogP contribution in [0.15, 0.2) is 12.1 Å². The second-order valence-corrected chi connectivity index (χ2v) is 6.04. The predicted octanol–water partition coefficient (Wildman–Crippen LogP) is 3.49. The fourth-order valence-electron chi connectivity index (χ4n) is 2.22. The summed E-state index contributed by atoms with van der Waals surface area (Å²) in [6.45, 7) is 3.60. The van der Waals surface area contributed by atoms with Crippen LogP contribution in [0.25, 0.3) is 15.5 Å². The highest BCUT2D eigenvalue weighted by atomic mass is 32.1. The van der Waals surface area contributed by atoms with Gasteiger partial charge in [0.05, 0.1) is 23.6 Å². The summed E-state index contributed by atoms with van der Waals surface area (Å²) in [7, 11) is 0. The average Bonchev–Trinajstić information content (AvgIpc) is 3.02. The van der Waals surface area contributed by atoms with Crippen LogP contribution in [-0.4, -0.2) is 19.7 Å². The summed E-state index contributed by atoms with van der Waals surface area (Å²) in [5, 5.41) is 13.8. The summed E-state index contributed by atoms with van der Waals surface area (Å²) in [6, 6.07) is 1.98. The third kappa shape index (κ3) is 2.19. The molecule has 1 N–H and O–H groups in total. The number of rotatable bonds is 3. The van der Waals surface area contributed by atoms with Gasteiger partial charge in [-0.2, -0.15) is 5.10 Å². The molecule has 22 heavy (non-hydrogen) atoms. The molecule has 4 nitrogen and oxygen atoms in total. The molecule has 2 aromatic heterocycles. The third-order valence-corrected chi connectivity index (χ3v) is 4.23. The topological polar surface area (TPSA) is 50.4 Å². The zero-order chi connectivity index (χ0) is 16.0. The van der Waals surface area contributed by atoms with Gasteiger partial charge in [0.25, 0.3) is 0 Å². The van der Waals surface area contributed by atoms with Gasteiger partial charge in [0, 0.05) is 0 Å². The Labute approximate surface area is 127 Å². The highest BCUT2D eigenvalue weighted by molar-refractivity contribution is 7.19. The number of benzene rings is 1. The van der Waals surface area contributed by atoms with Crippen LogP contribution < -0.4 is 0 Å². The van der Waals surface area contributed by atoms with Gasteiger partial charge in [-0.15, -0.1) is 0 Å². The lowest BCUT2D eigenvalue weighted by Gasteiger charge is -2.03. The number of aromatic nitrogens is 3. The summed E-state index contributed by atoms with van der Waals surface area (Å²) >= 11 is 1.05. The van der Waals surface area contributed by atoms with Gasteiger partial charge in [-0.25, -0.2) is 22.7 Å². The number of aliphatic hydroxyl groups excluding tert-OH is 1. The largest absolute Gasteiger partial charge is 0.390 e. The Bertz CT molecular complexity index is 857. The number of hydrogen-bond acceptors (Lipinski definition) is 4. The van der Waals surface area contributed by atoms with E-state index in [1.165, 1.54) is 4.52 Å². The summed E-state index contributed by atoms with van der Waals surface area (Å²) < 4.78 is 41.6. The molecule has 0 aliphatic carbocycles. The molecule has 8 heteroatoms. The monoisotopic (exact) mass is 327 g/mol. The van der Waals surface area contributed by atoms with Crippen LogP contribution in [0.1, 0.15) is 31.2 Å². The molecule has 0 radical (unpaired) electrons. The molecule has 0 saturated carbocycles. The van der Waals surface area contributed by atoms with Crippen LogP contribution in [-0.2, 0) is 6.61 Å². The molecular formula is C14H12F3N3OS. The SMILES string of the molecule is CC(C)c1nc2sc(-c3ccc(F)c(F)c3F)nn2c1CO. The molecular weight excluding hydrogens is 315 g/mol. The van der Waals surface area contributed by atoms with E-state index in [-0.39, 0.29) is 23.1 Å². The molecule has 0 unspecified atom stereocenters. The molecule has 116 valence electrons. The molecule has 1 aromatic carbocycles. The van der Waals surface area contributed by atoms with Crippen LogP contribution in [0.5, 0.6) is 0 Å². The minimum Gasteiger partial charge on any atom is -0.390 e. The van der Waals surface area contributed by atoms with E-state index >= 15 is 0 Å². The quantitative estimate of drug-likeness (QED) is 0.749. The van der Waals surface area contributed by atoms with Gasteiger partial charge in [0.1, 0.15) is 0 Å². The predicted molar refractivity (Wildman–Crippen MR) is 76.2 cm³/mol. The van der Waals surface area contributed by atoms with Crippen molar-refractivity contribution in [2.45, 2.75) is 26.4 Å². The highest BCUT2D eigenvalue weighted by Gasteiger charge is 2.21.